The van der Waals surface area contributed by atoms with Crippen molar-refractivity contribution < 1.29 is 14.5 Å². The van der Waals surface area contributed by atoms with Crippen molar-refractivity contribution in [1.82, 2.24) is 4.90 Å². The normalized spacial score (nSPS) is 9.36. The highest BCUT2D eigenvalue weighted by atomic mass is 16.6. The third-order valence-corrected chi connectivity index (χ3v) is 2.75. The molecule has 0 aliphatic rings. The van der Waals surface area contributed by atoms with Gasteiger partial charge in [0.15, 0.2) is 6.61 Å². The number of nitriles is 2. The van der Waals surface area contributed by atoms with Crippen LogP contribution in [0.4, 0.5) is 5.69 Å². The summed E-state index contributed by atoms with van der Waals surface area (Å²) >= 11 is 0. The number of nitro groups is 1. The van der Waals surface area contributed by atoms with Gasteiger partial charge in [0.05, 0.1) is 29.9 Å². The molecular weight excluding hydrogens is 288 g/mol. The summed E-state index contributed by atoms with van der Waals surface area (Å²) in [6.07, 6.45) is 0.351. The van der Waals surface area contributed by atoms with E-state index in [4.69, 9.17) is 15.3 Å². The first-order valence-corrected chi connectivity index (χ1v) is 6.47. The fourth-order valence-corrected chi connectivity index (χ4v) is 1.63. The Morgan fingerprint density at radius 2 is 1.73 bits per heavy atom. The zero-order valence-electron chi connectivity index (χ0n) is 11.8. The number of hydrogen-bond acceptors (Lipinski definition) is 6. The standard InChI is InChI=1S/C14H14N4O4/c15-7-1-9-17(10-2-8-16)14(19)11-22-13-5-3-12(4-6-13)18(20)21/h3-6H,1-2,9-11H2. The molecular formula is C14H14N4O4. The van der Waals surface area contributed by atoms with E-state index in [1.165, 1.54) is 29.2 Å². The maximum absolute atomic E-state index is 12.0. The van der Waals surface area contributed by atoms with E-state index < -0.39 is 4.92 Å². The van der Waals surface area contributed by atoms with Gasteiger partial charge in [-0.25, -0.2) is 0 Å². The zero-order chi connectivity index (χ0) is 16.4. The van der Waals surface area contributed by atoms with Crippen molar-refractivity contribution in [3.63, 3.8) is 0 Å². The second-order valence-electron chi connectivity index (χ2n) is 4.24. The van der Waals surface area contributed by atoms with Crippen LogP contribution in [0, 0.1) is 32.8 Å². The van der Waals surface area contributed by atoms with E-state index in [0.29, 0.717) is 5.75 Å². The average Bonchev–Trinajstić information content (AvgIpc) is 2.53. The van der Waals surface area contributed by atoms with E-state index in [2.05, 4.69) is 0 Å². The van der Waals surface area contributed by atoms with Crippen molar-refractivity contribution in [2.45, 2.75) is 12.8 Å². The Kier molecular flexibility index (Phi) is 6.87. The molecule has 1 aromatic carbocycles. The van der Waals surface area contributed by atoms with E-state index >= 15 is 0 Å². The Labute approximate surface area is 127 Å². The first kappa shape index (κ1) is 16.9. The molecule has 0 bridgehead atoms. The summed E-state index contributed by atoms with van der Waals surface area (Å²) < 4.78 is 5.26. The second-order valence-corrected chi connectivity index (χ2v) is 4.24. The van der Waals surface area contributed by atoms with Gasteiger partial charge >= 0.3 is 0 Å². The van der Waals surface area contributed by atoms with Gasteiger partial charge < -0.3 is 9.64 Å². The first-order valence-electron chi connectivity index (χ1n) is 6.47. The van der Waals surface area contributed by atoms with Crippen molar-refractivity contribution in [1.29, 1.82) is 10.5 Å². The SMILES string of the molecule is N#CCCN(CCC#N)C(=O)COc1ccc([N+](=O)[O-])cc1. The van der Waals surface area contributed by atoms with Crippen molar-refractivity contribution in [3.8, 4) is 17.9 Å². The Balaban J connectivity index is 2.56. The lowest BCUT2D eigenvalue weighted by Crippen LogP contribution is -2.36. The molecule has 0 saturated carbocycles. The van der Waals surface area contributed by atoms with Crippen LogP contribution in [0.1, 0.15) is 12.8 Å². The fraction of sp³-hybridized carbons (Fsp3) is 0.357. The summed E-state index contributed by atoms with van der Waals surface area (Å²) in [6.45, 7) is 0.218. The molecule has 0 aliphatic heterocycles. The lowest BCUT2D eigenvalue weighted by molar-refractivity contribution is -0.384. The number of non-ortho nitro benzene ring substituents is 1. The van der Waals surface area contributed by atoms with Crippen molar-refractivity contribution >= 4 is 11.6 Å². The molecule has 1 rings (SSSR count). The molecule has 0 atom stereocenters. The molecule has 114 valence electrons. The molecule has 22 heavy (non-hydrogen) atoms. The Bertz CT molecular complexity index is 583. The summed E-state index contributed by atoms with van der Waals surface area (Å²) in [7, 11) is 0. The Hall–Kier alpha value is -3.13. The molecule has 0 unspecified atom stereocenters. The van der Waals surface area contributed by atoms with Crippen LogP contribution >= 0.6 is 0 Å². The van der Waals surface area contributed by atoms with Crippen molar-refractivity contribution in [2.24, 2.45) is 0 Å². The number of carbonyl (C=O) groups is 1. The number of rotatable bonds is 8. The highest BCUT2D eigenvalue weighted by molar-refractivity contribution is 5.77. The Morgan fingerprint density at radius 3 is 2.18 bits per heavy atom. The second kappa shape index (κ2) is 8.93. The molecule has 0 saturated heterocycles. The van der Waals surface area contributed by atoms with Gasteiger partial charge in [-0.15, -0.1) is 0 Å². The maximum atomic E-state index is 12.0. The van der Waals surface area contributed by atoms with E-state index in [9.17, 15) is 14.9 Å². The van der Waals surface area contributed by atoms with Gasteiger partial charge in [0.25, 0.3) is 11.6 Å². The summed E-state index contributed by atoms with van der Waals surface area (Å²) in [5.41, 5.74) is -0.0663. The van der Waals surface area contributed by atoms with E-state index in [1.54, 1.807) is 0 Å². The van der Waals surface area contributed by atoms with E-state index in [-0.39, 0.29) is 44.1 Å². The monoisotopic (exact) mass is 302 g/mol. The smallest absolute Gasteiger partial charge is 0.269 e. The topological polar surface area (TPSA) is 120 Å². The number of hydrogen-bond donors (Lipinski definition) is 0. The van der Waals surface area contributed by atoms with E-state index in [0.717, 1.165) is 0 Å². The summed E-state index contributed by atoms with van der Waals surface area (Å²) in [5.74, 6) is -0.0108. The van der Waals surface area contributed by atoms with Crippen molar-refractivity contribution in [3.05, 3.63) is 34.4 Å². The third kappa shape index (κ3) is 5.47. The third-order valence-electron chi connectivity index (χ3n) is 2.75. The van der Waals surface area contributed by atoms with Crippen molar-refractivity contribution in [2.75, 3.05) is 19.7 Å². The van der Waals surface area contributed by atoms with Crippen LogP contribution in [0.5, 0.6) is 5.75 Å². The molecule has 8 heteroatoms. The number of amides is 1. The summed E-state index contributed by atoms with van der Waals surface area (Å²) in [5, 5.41) is 27.6. The molecule has 0 fully saturated rings. The minimum atomic E-state index is -0.527. The molecule has 0 aromatic heterocycles. The molecule has 0 aliphatic carbocycles. The Morgan fingerprint density at radius 1 is 1.18 bits per heavy atom. The summed E-state index contributed by atoms with van der Waals surface area (Å²) in [6, 6.07) is 9.24. The zero-order valence-corrected chi connectivity index (χ0v) is 11.8. The highest BCUT2D eigenvalue weighted by Crippen LogP contribution is 2.17. The first-order chi connectivity index (χ1) is 10.6. The van der Waals surface area contributed by atoms with Gasteiger partial charge in [-0.2, -0.15) is 10.5 Å². The van der Waals surface area contributed by atoms with Gasteiger partial charge in [-0.05, 0) is 12.1 Å². The minimum absolute atomic E-state index is 0.0663. The van der Waals surface area contributed by atoms with Crippen LogP contribution in [-0.2, 0) is 4.79 Å². The van der Waals surface area contributed by atoms with Crippen LogP contribution in [0.15, 0.2) is 24.3 Å². The molecule has 0 radical (unpaired) electrons. The molecule has 1 aromatic rings. The van der Waals surface area contributed by atoms with E-state index in [1.807, 2.05) is 12.1 Å². The lowest BCUT2D eigenvalue weighted by Gasteiger charge is -2.20. The van der Waals surface area contributed by atoms with Gasteiger partial charge in [0.2, 0.25) is 0 Å². The predicted octanol–water partition coefficient (Wildman–Crippen LogP) is 1.63. The molecule has 8 nitrogen and oxygen atoms in total. The minimum Gasteiger partial charge on any atom is -0.484 e. The molecule has 0 N–H and O–H groups in total. The maximum Gasteiger partial charge on any atom is 0.269 e. The number of nitro benzene ring substituents is 1. The predicted molar refractivity (Wildman–Crippen MR) is 75.6 cm³/mol. The molecule has 0 heterocycles. The van der Waals surface area contributed by atoms with Gasteiger partial charge in [0.1, 0.15) is 5.75 Å². The van der Waals surface area contributed by atoms with Crippen LogP contribution in [0.25, 0.3) is 0 Å². The van der Waals surface area contributed by atoms with Crippen LogP contribution < -0.4 is 4.74 Å². The number of nitrogens with zero attached hydrogens (tertiary/aromatic N) is 4. The number of carbonyl (C=O) groups excluding carboxylic acids is 1. The highest BCUT2D eigenvalue weighted by Gasteiger charge is 2.14. The molecule has 1 amide bonds. The fourth-order valence-electron chi connectivity index (χ4n) is 1.63. The van der Waals surface area contributed by atoms with Crippen LogP contribution in [0.2, 0.25) is 0 Å². The average molecular weight is 302 g/mol. The van der Waals surface area contributed by atoms with Gasteiger partial charge in [-0.3, -0.25) is 14.9 Å². The summed E-state index contributed by atoms with van der Waals surface area (Å²) in [4.78, 5) is 23.4. The number of ether oxygens (including phenoxy) is 1. The largest absolute Gasteiger partial charge is 0.484 e. The van der Waals surface area contributed by atoms with Gasteiger partial charge in [0, 0.05) is 25.2 Å². The molecule has 0 spiro atoms. The quantitative estimate of drug-likeness (QED) is 0.531. The van der Waals surface area contributed by atoms with Crippen LogP contribution in [0.3, 0.4) is 0 Å². The van der Waals surface area contributed by atoms with Crippen LogP contribution in [-0.4, -0.2) is 35.4 Å². The number of benzene rings is 1. The van der Waals surface area contributed by atoms with Gasteiger partial charge in [-0.1, -0.05) is 0 Å². The lowest BCUT2D eigenvalue weighted by atomic mass is 10.3.